The van der Waals surface area contributed by atoms with E-state index < -0.39 is 0 Å². The van der Waals surface area contributed by atoms with Crippen LogP contribution in [0.4, 0.5) is 0 Å². The van der Waals surface area contributed by atoms with Gasteiger partial charge in [0.15, 0.2) is 6.61 Å². The van der Waals surface area contributed by atoms with Gasteiger partial charge in [0.1, 0.15) is 11.5 Å². The van der Waals surface area contributed by atoms with Crippen molar-refractivity contribution < 1.29 is 14.3 Å². The lowest BCUT2D eigenvalue weighted by molar-refractivity contribution is -0.134. The van der Waals surface area contributed by atoms with E-state index in [0.717, 1.165) is 31.7 Å². The fourth-order valence-electron chi connectivity index (χ4n) is 2.44. The van der Waals surface area contributed by atoms with Crippen LogP contribution in [0.25, 0.3) is 0 Å². The number of ether oxygens (including phenoxy) is 2. The molecule has 124 valence electrons. The highest BCUT2D eigenvalue weighted by Gasteiger charge is 2.21. The average molecular weight is 329 g/mol. The predicted octanol–water partition coefficient (Wildman–Crippen LogP) is 2.10. The molecule has 2 rings (SSSR count). The molecular weight excluding hydrogens is 304 g/mol. The van der Waals surface area contributed by atoms with Crippen LogP contribution in [0.3, 0.4) is 0 Å². The van der Waals surface area contributed by atoms with E-state index >= 15 is 0 Å². The monoisotopic (exact) mass is 328 g/mol. The summed E-state index contributed by atoms with van der Waals surface area (Å²) in [5.74, 6) is 1.52. The van der Waals surface area contributed by atoms with Crippen LogP contribution in [-0.2, 0) is 4.79 Å². The number of rotatable bonds is 6. The maximum Gasteiger partial charge on any atom is 0.260 e. The van der Waals surface area contributed by atoms with E-state index in [-0.39, 0.29) is 24.9 Å². The molecule has 5 nitrogen and oxygen atoms in total. The maximum atomic E-state index is 12.1. The summed E-state index contributed by atoms with van der Waals surface area (Å²) in [6, 6.07) is 7.66. The van der Waals surface area contributed by atoms with Gasteiger partial charge in [-0.05, 0) is 57.1 Å². The number of benzene rings is 1. The SMILES string of the molecule is CCOc1ccc(OCC(=O)N(C)C2CCNCC2)cc1.Cl. The number of hydrogen-bond acceptors (Lipinski definition) is 4. The van der Waals surface area contributed by atoms with Crippen LogP contribution >= 0.6 is 12.4 Å². The van der Waals surface area contributed by atoms with Gasteiger partial charge in [-0.25, -0.2) is 0 Å². The second kappa shape index (κ2) is 9.54. The predicted molar refractivity (Wildman–Crippen MR) is 89.0 cm³/mol. The molecule has 0 radical (unpaired) electrons. The fraction of sp³-hybridized carbons (Fsp3) is 0.562. The van der Waals surface area contributed by atoms with Gasteiger partial charge in [-0.3, -0.25) is 4.79 Å². The van der Waals surface area contributed by atoms with Crippen LogP contribution in [0.15, 0.2) is 24.3 Å². The van der Waals surface area contributed by atoms with Gasteiger partial charge in [0.05, 0.1) is 6.61 Å². The largest absolute Gasteiger partial charge is 0.494 e. The van der Waals surface area contributed by atoms with Crippen molar-refractivity contribution in [1.29, 1.82) is 0 Å². The lowest BCUT2D eigenvalue weighted by atomic mass is 10.1. The van der Waals surface area contributed by atoms with Gasteiger partial charge in [-0.2, -0.15) is 0 Å². The van der Waals surface area contributed by atoms with E-state index in [2.05, 4.69) is 5.32 Å². The van der Waals surface area contributed by atoms with Gasteiger partial charge in [0, 0.05) is 13.1 Å². The Kier molecular flexibility index (Phi) is 8.06. The van der Waals surface area contributed by atoms with Crippen LogP contribution < -0.4 is 14.8 Å². The van der Waals surface area contributed by atoms with Gasteiger partial charge >= 0.3 is 0 Å². The molecule has 1 aromatic rings. The van der Waals surface area contributed by atoms with E-state index in [1.807, 2.05) is 43.1 Å². The second-order valence-corrected chi connectivity index (χ2v) is 5.18. The van der Waals surface area contributed by atoms with Gasteiger partial charge in [0.2, 0.25) is 0 Å². The first-order valence-corrected chi connectivity index (χ1v) is 7.52. The molecule has 0 unspecified atom stereocenters. The van der Waals surface area contributed by atoms with Gasteiger partial charge in [-0.1, -0.05) is 0 Å². The van der Waals surface area contributed by atoms with Crippen molar-refractivity contribution in [2.24, 2.45) is 0 Å². The minimum Gasteiger partial charge on any atom is -0.494 e. The maximum absolute atomic E-state index is 12.1. The third-order valence-corrected chi connectivity index (χ3v) is 3.75. The minimum absolute atomic E-state index is 0. The molecule has 6 heteroatoms. The minimum atomic E-state index is 0. The topological polar surface area (TPSA) is 50.8 Å². The quantitative estimate of drug-likeness (QED) is 0.869. The van der Waals surface area contributed by atoms with Gasteiger partial charge < -0.3 is 19.7 Å². The third kappa shape index (κ3) is 5.39. The van der Waals surface area contributed by atoms with Crippen LogP contribution in [0.2, 0.25) is 0 Å². The second-order valence-electron chi connectivity index (χ2n) is 5.18. The zero-order valence-corrected chi connectivity index (χ0v) is 14.0. The molecule has 1 aromatic carbocycles. The lowest BCUT2D eigenvalue weighted by Gasteiger charge is -2.31. The molecule has 1 heterocycles. The zero-order valence-electron chi connectivity index (χ0n) is 13.2. The molecule has 0 saturated carbocycles. The Hall–Kier alpha value is -1.46. The smallest absolute Gasteiger partial charge is 0.260 e. The summed E-state index contributed by atoms with van der Waals surface area (Å²) in [5.41, 5.74) is 0. The molecule has 0 aromatic heterocycles. The van der Waals surface area contributed by atoms with Crippen LogP contribution in [0.1, 0.15) is 19.8 Å². The summed E-state index contributed by atoms with van der Waals surface area (Å²) in [7, 11) is 1.86. The number of nitrogens with zero attached hydrogens (tertiary/aromatic N) is 1. The van der Waals surface area contributed by atoms with Crippen molar-refractivity contribution in [3.63, 3.8) is 0 Å². The first kappa shape index (κ1) is 18.6. The molecule has 0 atom stereocenters. The summed E-state index contributed by atoms with van der Waals surface area (Å²) >= 11 is 0. The zero-order chi connectivity index (χ0) is 15.1. The third-order valence-electron chi connectivity index (χ3n) is 3.75. The molecule has 22 heavy (non-hydrogen) atoms. The van der Waals surface area contributed by atoms with Crippen molar-refractivity contribution >= 4 is 18.3 Å². The van der Waals surface area contributed by atoms with Gasteiger partial charge in [0.25, 0.3) is 5.91 Å². The Balaban J connectivity index is 0.00000242. The first-order chi connectivity index (χ1) is 10.2. The molecule has 0 spiro atoms. The highest BCUT2D eigenvalue weighted by atomic mass is 35.5. The van der Waals surface area contributed by atoms with Crippen molar-refractivity contribution in [3.05, 3.63) is 24.3 Å². The summed E-state index contributed by atoms with van der Waals surface area (Å²) in [6.07, 6.45) is 2.01. The molecule has 1 fully saturated rings. The number of carbonyl (C=O) groups is 1. The molecular formula is C16H25ClN2O3. The summed E-state index contributed by atoms with van der Waals surface area (Å²) in [5, 5.41) is 3.30. The number of amides is 1. The van der Waals surface area contributed by atoms with E-state index in [9.17, 15) is 4.79 Å². The van der Waals surface area contributed by atoms with Crippen molar-refractivity contribution in [3.8, 4) is 11.5 Å². The Labute approximate surface area is 138 Å². The van der Waals surface area contributed by atoms with Crippen LogP contribution in [0.5, 0.6) is 11.5 Å². The number of halogens is 1. The molecule has 1 aliphatic rings. The van der Waals surface area contributed by atoms with Gasteiger partial charge in [-0.15, -0.1) is 12.4 Å². The Bertz CT molecular complexity index is 447. The molecule has 1 amide bonds. The van der Waals surface area contributed by atoms with Crippen molar-refractivity contribution in [1.82, 2.24) is 10.2 Å². The molecule has 1 N–H and O–H groups in total. The summed E-state index contributed by atoms with van der Waals surface area (Å²) < 4.78 is 10.9. The fourth-order valence-corrected chi connectivity index (χ4v) is 2.44. The van der Waals surface area contributed by atoms with E-state index in [1.54, 1.807) is 0 Å². The summed E-state index contributed by atoms with van der Waals surface area (Å²) in [4.78, 5) is 14.0. The molecule has 0 aliphatic carbocycles. The van der Waals surface area contributed by atoms with Crippen LogP contribution in [-0.4, -0.2) is 50.2 Å². The highest BCUT2D eigenvalue weighted by Crippen LogP contribution is 2.18. The Morgan fingerprint density at radius 3 is 2.27 bits per heavy atom. The molecule has 1 saturated heterocycles. The molecule has 0 bridgehead atoms. The van der Waals surface area contributed by atoms with Crippen molar-refractivity contribution in [2.75, 3.05) is 33.4 Å². The number of nitrogens with one attached hydrogen (secondary N) is 1. The standard InChI is InChI=1S/C16H24N2O3.ClH/c1-3-20-14-4-6-15(7-5-14)21-12-16(19)18(2)13-8-10-17-11-9-13;/h4-7,13,17H,3,8-12H2,1-2H3;1H. The first-order valence-electron chi connectivity index (χ1n) is 7.52. The Morgan fingerprint density at radius 2 is 1.73 bits per heavy atom. The van der Waals surface area contributed by atoms with E-state index in [1.165, 1.54) is 0 Å². The highest BCUT2D eigenvalue weighted by molar-refractivity contribution is 5.85. The number of likely N-dealkylation sites (N-methyl/N-ethyl adjacent to an activating group) is 1. The lowest BCUT2D eigenvalue weighted by Crippen LogP contribution is -2.45. The molecule has 1 aliphatic heterocycles. The van der Waals surface area contributed by atoms with E-state index in [0.29, 0.717) is 18.4 Å². The normalized spacial score (nSPS) is 14.8. The van der Waals surface area contributed by atoms with E-state index in [4.69, 9.17) is 9.47 Å². The number of piperidine rings is 1. The summed E-state index contributed by atoms with van der Waals surface area (Å²) in [6.45, 7) is 4.61. The number of hydrogen-bond donors (Lipinski definition) is 1. The van der Waals surface area contributed by atoms with Crippen molar-refractivity contribution in [2.45, 2.75) is 25.8 Å². The van der Waals surface area contributed by atoms with Crippen LogP contribution in [0, 0.1) is 0 Å². The Morgan fingerprint density at radius 1 is 1.18 bits per heavy atom. The number of carbonyl (C=O) groups excluding carboxylic acids is 1. The average Bonchev–Trinajstić information content (AvgIpc) is 2.54.